The molecule has 6 nitrogen and oxygen atoms in total. The number of nitriles is 4. The molecule has 0 radical (unpaired) electrons. The molecule has 0 bridgehead atoms. The third-order valence-electron chi connectivity index (χ3n) is 2.13. The van der Waals surface area contributed by atoms with Crippen LogP contribution in [0.3, 0.4) is 0 Å². The number of rotatable bonds is 2. The Balaban J connectivity index is 3.60. The van der Waals surface area contributed by atoms with Crippen molar-refractivity contribution in [2.75, 3.05) is 0 Å². The first-order chi connectivity index (χ1) is 8.69. The summed E-state index contributed by atoms with van der Waals surface area (Å²) in [6.45, 7) is 0. The Morgan fingerprint density at radius 2 is 1.11 bits per heavy atom. The van der Waals surface area contributed by atoms with Crippen LogP contribution in [0.25, 0.3) is 0 Å². The van der Waals surface area contributed by atoms with Crippen molar-refractivity contribution in [3.05, 3.63) is 33.4 Å². The Hall–Kier alpha value is -3.66. The van der Waals surface area contributed by atoms with Gasteiger partial charge in [-0.2, -0.15) is 21.0 Å². The van der Waals surface area contributed by atoms with Crippen molar-refractivity contribution >= 4 is 11.7 Å². The standard InChI is InChI=1S/C12H2N6/c13-1-7(2-14)10-11(8(3-15)4-16)12(10)9(5-17)6-18/h13,15H. The molecule has 1 rings (SSSR count). The van der Waals surface area contributed by atoms with Gasteiger partial charge in [0.1, 0.15) is 41.0 Å². The van der Waals surface area contributed by atoms with Crippen molar-refractivity contribution in [3.63, 3.8) is 0 Å². The molecule has 18 heavy (non-hydrogen) atoms. The van der Waals surface area contributed by atoms with Gasteiger partial charge in [0.2, 0.25) is 0 Å². The molecule has 0 saturated carbocycles. The molecular formula is C12H2N6. The highest BCUT2D eigenvalue weighted by Crippen LogP contribution is 2.47. The van der Waals surface area contributed by atoms with Gasteiger partial charge in [0.15, 0.2) is 0 Å². The first-order valence-corrected chi connectivity index (χ1v) is 4.39. The Bertz CT molecular complexity index is 702. The lowest BCUT2D eigenvalue weighted by molar-refractivity contribution is 1.44. The van der Waals surface area contributed by atoms with E-state index < -0.39 is 0 Å². The third kappa shape index (κ3) is 1.72. The molecule has 0 unspecified atom stereocenters. The highest BCUT2D eigenvalue weighted by molar-refractivity contribution is 5.95. The largest absolute Gasteiger partial charge is 0.258 e. The first kappa shape index (κ1) is 12.4. The van der Waals surface area contributed by atoms with E-state index in [2.05, 4.69) is 0 Å². The fraction of sp³-hybridized carbons (Fsp3) is 0. The van der Waals surface area contributed by atoms with Gasteiger partial charge in [0.25, 0.3) is 0 Å². The van der Waals surface area contributed by atoms with E-state index >= 15 is 0 Å². The molecule has 0 atom stereocenters. The summed E-state index contributed by atoms with van der Waals surface area (Å²) in [5.41, 5.74) is -0.251. The van der Waals surface area contributed by atoms with E-state index in [-0.39, 0.29) is 33.4 Å². The van der Waals surface area contributed by atoms with Crippen molar-refractivity contribution in [2.24, 2.45) is 0 Å². The van der Waals surface area contributed by atoms with Crippen LogP contribution in [0, 0.1) is 56.1 Å². The third-order valence-corrected chi connectivity index (χ3v) is 2.13. The highest BCUT2D eigenvalue weighted by Gasteiger charge is 2.39. The maximum atomic E-state index is 8.77. The summed E-state index contributed by atoms with van der Waals surface area (Å²) in [6, 6.07) is 6.62. The van der Waals surface area contributed by atoms with E-state index in [0.29, 0.717) is 0 Å². The summed E-state index contributed by atoms with van der Waals surface area (Å²) < 4.78 is 0. The lowest BCUT2D eigenvalue weighted by atomic mass is 10.1. The van der Waals surface area contributed by atoms with Gasteiger partial charge < -0.3 is 0 Å². The summed E-state index contributed by atoms with van der Waals surface area (Å²) >= 11 is 0. The van der Waals surface area contributed by atoms with E-state index in [4.69, 9.17) is 31.9 Å². The van der Waals surface area contributed by atoms with Gasteiger partial charge in [-0.05, 0) is 11.7 Å². The molecule has 1 aliphatic rings. The van der Waals surface area contributed by atoms with E-state index in [0.717, 1.165) is 0 Å². The Morgan fingerprint density at radius 1 is 0.722 bits per heavy atom. The number of allylic oxidation sites excluding steroid dienone is 6. The molecule has 0 heterocycles. The zero-order valence-corrected chi connectivity index (χ0v) is 8.79. The highest BCUT2D eigenvalue weighted by atomic mass is 14.4. The van der Waals surface area contributed by atoms with Crippen LogP contribution >= 0.6 is 0 Å². The van der Waals surface area contributed by atoms with Gasteiger partial charge in [-0.15, -0.1) is 0 Å². The molecule has 0 fully saturated rings. The Morgan fingerprint density at radius 3 is 1.33 bits per heavy atom. The minimum atomic E-state index is -0.272. The van der Waals surface area contributed by atoms with Gasteiger partial charge in [0, 0.05) is 16.7 Å². The first-order valence-electron chi connectivity index (χ1n) is 4.39. The van der Waals surface area contributed by atoms with Crippen molar-refractivity contribution in [2.45, 2.75) is 0 Å². The summed E-state index contributed by atoms with van der Waals surface area (Å²) in [5, 5.41) is 48.9. The SMILES string of the molecule is N#CC(=C=N)C1=C(C(=C=N)C#N)C1=C(C#N)C#N. The number of nitrogens with one attached hydrogen (secondary N) is 2. The number of hydrogen-bond acceptors (Lipinski definition) is 6. The topological polar surface area (TPSA) is 143 Å². The van der Waals surface area contributed by atoms with Crippen LogP contribution in [0.2, 0.25) is 0 Å². The van der Waals surface area contributed by atoms with Crippen LogP contribution < -0.4 is 0 Å². The fourth-order valence-electron chi connectivity index (χ4n) is 1.37. The maximum Gasteiger partial charge on any atom is 0.138 e. The van der Waals surface area contributed by atoms with Gasteiger partial charge >= 0.3 is 0 Å². The predicted molar refractivity (Wildman–Crippen MR) is 59.0 cm³/mol. The second kappa shape index (κ2) is 4.91. The average Bonchev–Trinajstić information content (AvgIpc) is 3.10. The molecule has 80 valence electrons. The summed E-state index contributed by atoms with van der Waals surface area (Å²) in [5.74, 6) is 3.73. The van der Waals surface area contributed by atoms with Gasteiger partial charge in [-0.3, -0.25) is 10.8 Å². The molecule has 2 N–H and O–H groups in total. The minimum absolute atomic E-state index is 0.118. The van der Waals surface area contributed by atoms with Crippen LogP contribution in [0.5, 0.6) is 0 Å². The van der Waals surface area contributed by atoms with E-state index in [1.807, 2.05) is 11.7 Å². The predicted octanol–water partition coefficient (Wildman–Crippen LogP) is 1.04. The Kier molecular flexibility index (Phi) is 3.39. The summed E-state index contributed by atoms with van der Waals surface area (Å²) in [6.07, 6.45) is 0. The molecule has 1 aliphatic carbocycles. The van der Waals surface area contributed by atoms with Gasteiger partial charge in [0.05, 0.1) is 0 Å². The fourth-order valence-corrected chi connectivity index (χ4v) is 1.37. The van der Waals surface area contributed by atoms with Crippen molar-refractivity contribution in [1.29, 1.82) is 31.9 Å². The number of nitrogens with zero attached hydrogens (tertiary/aromatic N) is 4. The quantitative estimate of drug-likeness (QED) is 0.539. The van der Waals surface area contributed by atoms with Crippen LogP contribution in [-0.2, 0) is 0 Å². The second-order valence-corrected chi connectivity index (χ2v) is 2.95. The van der Waals surface area contributed by atoms with Crippen LogP contribution in [0.15, 0.2) is 33.4 Å². The molecule has 6 heteroatoms. The molecule has 0 spiro atoms. The molecule has 0 aromatic carbocycles. The van der Waals surface area contributed by atoms with E-state index in [9.17, 15) is 0 Å². The molecule has 0 aliphatic heterocycles. The van der Waals surface area contributed by atoms with Crippen LogP contribution in [0.1, 0.15) is 0 Å². The molecule has 0 aromatic rings. The normalized spacial score (nSPS) is 10.8. The monoisotopic (exact) mass is 230 g/mol. The maximum absolute atomic E-state index is 8.77. The molecule has 0 aromatic heterocycles. The van der Waals surface area contributed by atoms with E-state index in [1.54, 1.807) is 24.3 Å². The summed E-state index contributed by atoms with van der Waals surface area (Å²) in [7, 11) is 0. The summed E-state index contributed by atoms with van der Waals surface area (Å²) in [4.78, 5) is 0. The minimum Gasteiger partial charge on any atom is -0.258 e. The lowest BCUT2D eigenvalue weighted by Gasteiger charge is -1.83. The Labute approximate surface area is 102 Å². The number of hydrogen-bond donors (Lipinski definition) is 2. The van der Waals surface area contributed by atoms with Crippen molar-refractivity contribution in [3.8, 4) is 24.3 Å². The second-order valence-electron chi connectivity index (χ2n) is 2.95. The van der Waals surface area contributed by atoms with Gasteiger partial charge in [-0.1, -0.05) is 0 Å². The van der Waals surface area contributed by atoms with Crippen molar-refractivity contribution in [1.82, 2.24) is 0 Å². The zero-order chi connectivity index (χ0) is 13.7. The molecule has 0 amide bonds. The van der Waals surface area contributed by atoms with E-state index in [1.165, 1.54) is 0 Å². The van der Waals surface area contributed by atoms with Crippen LogP contribution in [-0.4, -0.2) is 11.7 Å². The van der Waals surface area contributed by atoms with Crippen molar-refractivity contribution < 1.29 is 0 Å². The molecule has 0 saturated heterocycles. The lowest BCUT2D eigenvalue weighted by Crippen LogP contribution is -1.80. The average molecular weight is 230 g/mol. The van der Waals surface area contributed by atoms with Gasteiger partial charge in [-0.25, -0.2) is 0 Å². The molecular weight excluding hydrogens is 228 g/mol. The zero-order valence-electron chi connectivity index (χ0n) is 8.79. The van der Waals surface area contributed by atoms with Crippen LogP contribution in [0.4, 0.5) is 0 Å². The smallest absolute Gasteiger partial charge is 0.138 e.